The van der Waals surface area contributed by atoms with Crippen LogP contribution in [0.15, 0.2) is 24.3 Å². The molecule has 0 atom stereocenters. The highest BCUT2D eigenvalue weighted by Gasteiger charge is 2.04. The molecule has 0 aromatic heterocycles. The van der Waals surface area contributed by atoms with Gasteiger partial charge in [0.05, 0.1) is 0 Å². The average molecular weight is 250 g/mol. The summed E-state index contributed by atoms with van der Waals surface area (Å²) in [6.45, 7) is 0.946. The van der Waals surface area contributed by atoms with Crippen molar-refractivity contribution in [3.05, 3.63) is 35.4 Å². The molecule has 0 spiro atoms. The SMILES string of the molecule is NCc1ccc(C(=O)NCCCCC(=O)O)cc1. The Morgan fingerprint density at radius 2 is 1.83 bits per heavy atom. The Morgan fingerprint density at radius 1 is 1.17 bits per heavy atom. The van der Waals surface area contributed by atoms with Crippen LogP contribution in [0.5, 0.6) is 0 Å². The molecule has 5 nitrogen and oxygen atoms in total. The highest BCUT2D eigenvalue weighted by Crippen LogP contribution is 2.03. The first-order valence-corrected chi connectivity index (χ1v) is 5.92. The molecule has 1 amide bonds. The fraction of sp³-hybridized carbons (Fsp3) is 0.385. The molecular weight excluding hydrogens is 232 g/mol. The topological polar surface area (TPSA) is 92.4 Å². The molecule has 5 heteroatoms. The quantitative estimate of drug-likeness (QED) is 0.632. The number of hydrogen-bond acceptors (Lipinski definition) is 3. The van der Waals surface area contributed by atoms with Gasteiger partial charge in [0, 0.05) is 25.1 Å². The van der Waals surface area contributed by atoms with Crippen molar-refractivity contribution in [1.82, 2.24) is 5.32 Å². The maximum absolute atomic E-state index is 11.7. The first-order chi connectivity index (χ1) is 8.63. The van der Waals surface area contributed by atoms with Gasteiger partial charge in [0.15, 0.2) is 0 Å². The maximum Gasteiger partial charge on any atom is 0.303 e. The third-order valence-electron chi connectivity index (χ3n) is 2.55. The molecule has 0 heterocycles. The summed E-state index contributed by atoms with van der Waals surface area (Å²) >= 11 is 0. The van der Waals surface area contributed by atoms with Crippen LogP contribution in [0.1, 0.15) is 35.2 Å². The van der Waals surface area contributed by atoms with Crippen molar-refractivity contribution in [3.8, 4) is 0 Å². The Bertz CT molecular complexity index is 401. The van der Waals surface area contributed by atoms with E-state index in [0.717, 1.165) is 5.56 Å². The van der Waals surface area contributed by atoms with Crippen LogP contribution in [-0.2, 0) is 11.3 Å². The zero-order valence-electron chi connectivity index (χ0n) is 10.2. The minimum absolute atomic E-state index is 0.140. The largest absolute Gasteiger partial charge is 0.481 e. The van der Waals surface area contributed by atoms with E-state index in [1.165, 1.54) is 0 Å². The van der Waals surface area contributed by atoms with Gasteiger partial charge in [-0.25, -0.2) is 0 Å². The minimum Gasteiger partial charge on any atom is -0.481 e. The van der Waals surface area contributed by atoms with Crippen molar-refractivity contribution < 1.29 is 14.7 Å². The predicted molar refractivity (Wildman–Crippen MR) is 68.2 cm³/mol. The standard InChI is InChI=1S/C13H18N2O3/c14-9-10-4-6-11(7-5-10)13(18)15-8-2-1-3-12(16)17/h4-7H,1-3,8-9,14H2,(H,15,18)(H,16,17). The summed E-state index contributed by atoms with van der Waals surface area (Å²) in [6, 6.07) is 7.10. The number of amides is 1. The molecule has 1 aromatic rings. The van der Waals surface area contributed by atoms with Crippen molar-refractivity contribution >= 4 is 11.9 Å². The van der Waals surface area contributed by atoms with Gasteiger partial charge < -0.3 is 16.2 Å². The molecule has 98 valence electrons. The second kappa shape index (κ2) is 7.45. The summed E-state index contributed by atoms with van der Waals surface area (Å²) in [5.74, 6) is -0.951. The normalized spacial score (nSPS) is 10.1. The van der Waals surface area contributed by atoms with Crippen molar-refractivity contribution in [3.63, 3.8) is 0 Å². The fourth-order valence-electron chi connectivity index (χ4n) is 1.50. The number of aliphatic carboxylic acids is 1. The molecule has 0 unspecified atom stereocenters. The predicted octanol–water partition coefficient (Wildman–Crippen LogP) is 1.13. The lowest BCUT2D eigenvalue weighted by molar-refractivity contribution is -0.137. The Balaban J connectivity index is 2.29. The zero-order chi connectivity index (χ0) is 13.4. The number of hydrogen-bond donors (Lipinski definition) is 3. The summed E-state index contributed by atoms with van der Waals surface area (Å²) in [7, 11) is 0. The molecular formula is C13H18N2O3. The number of benzene rings is 1. The van der Waals surface area contributed by atoms with Gasteiger partial charge in [-0.3, -0.25) is 9.59 Å². The van der Waals surface area contributed by atoms with E-state index in [0.29, 0.717) is 31.5 Å². The van der Waals surface area contributed by atoms with Gasteiger partial charge in [-0.2, -0.15) is 0 Å². The molecule has 0 bridgehead atoms. The van der Waals surface area contributed by atoms with Crippen LogP contribution in [0.25, 0.3) is 0 Å². The molecule has 0 saturated carbocycles. The molecule has 0 fully saturated rings. The third-order valence-corrected chi connectivity index (χ3v) is 2.55. The van der Waals surface area contributed by atoms with Gasteiger partial charge in [-0.1, -0.05) is 12.1 Å². The summed E-state index contributed by atoms with van der Waals surface area (Å²) in [4.78, 5) is 22.0. The first-order valence-electron chi connectivity index (χ1n) is 5.92. The van der Waals surface area contributed by atoms with Gasteiger partial charge in [-0.15, -0.1) is 0 Å². The Kier molecular flexibility index (Phi) is 5.87. The highest BCUT2D eigenvalue weighted by molar-refractivity contribution is 5.94. The van der Waals surface area contributed by atoms with E-state index in [1.54, 1.807) is 12.1 Å². The number of carboxylic acid groups (broad SMARTS) is 1. The molecule has 1 aromatic carbocycles. The van der Waals surface area contributed by atoms with Gasteiger partial charge in [0.2, 0.25) is 0 Å². The molecule has 0 saturated heterocycles. The monoisotopic (exact) mass is 250 g/mol. The second-order valence-electron chi connectivity index (χ2n) is 4.01. The van der Waals surface area contributed by atoms with Gasteiger partial charge in [0.1, 0.15) is 0 Å². The lowest BCUT2D eigenvalue weighted by atomic mass is 10.1. The Hall–Kier alpha value is -1.88. The van der Waals surface area contributed by atoms with Crippen LogP contribution in [-0.4, -0.2) is 23.5 Å². The van der Waals surface area contributed by atoms with E-state index >= 15 is 0 Å². The lowest BCUT2D eigenvalue weighted by Gasteiger charge is -2.05. The number of nitrogens with one attached hydrogen (secondary N) is 1. The van der Waals surface area contributed by atoms with Gasteiger partial charge in [0.25, 0.3) is 5.91 Å². The lowest BCUT2D eigenvalue weighted by Crippen LogP contribution is -2.24. The minimum atomic E-state index is -0.807. The summed E-state index contributed by atoms with van der Waals surface area (Å²) in [6.07, 6.45) is 1.38. The summed E-state index contributed by atoms with van der Waals surface area (Å²) in [5.41, 5.74) is 7.03. The van der Waals surface area contributed by atoms with Gasteiger partial charge >= 0.3 is 5.97 Å². The zero-order valence-corrected chi connectivity index (χ0v) is 10.2. The van der Waals surface area contributed by atoms with E-state index in [1.807, 2.05) is 12.1 Å². The van der Waals surface area contributed by atoms with Gasteiger partial charge in [-0.05, 0) is 30.5 Å². The molecule has 0 radical (unpaired) electrons. The number of rotatable bonds is 7. The Morgan fingerprint density at radius 3 is 2.39 bits per heavy atom. The first kappa shape index (κ1) is 14.2. The summed E-state index contributed by atoms with van der Waals surface area (Å²) < 4.78 is 0. The van der Waals surface area contributed by atoms with Crippen LogP contribution >= 0.6 is 0 Å². The number of unbranched alkanes of at least 4 members (excludes halogenated alkanes) is 1. The van der Waals surface area contributed by atoms with E-state index in [2.05, 4.69) is 5.32 Å². The molecule has 0 aliphatic carbocycles. The highest BCUT2D eigenvalue weighted by atomic mass is 16.4. The molecule has 0 aliphatic rings. The van der Waals surface area contributed by atoms with E-state index < -0.39 is 5.97 Å². The van der Waals surface area contributed by atoms with Crippen molar-refractivity contribution in [2.24, 2.45) is 5.73 Å². The van der Waals surface area contributed by atoms with Crippen LogP contribution < -0.4 is 11.1 Å². The molecule has 1 rings (SSSR count). The van der Waals surface area contributed by atoms with Crippen molar-refractivity contribution in [1.29, 1.82) is 0 Å². The van der Waals surface area contributed by atoms with Crippen LogP contribution in [0.3, 0.4) is 0 Å². The van der Waals surface area contributed by atoms with Crippen molar-refractivity contribution in [2.75, 3.05) is 6.54 Å². The smallest absolute Gasteiger partial charge is 0.303 e. The molecule has 0 aliphatic heterocycles. The maximum atomic E-state index is 11.7. The van der Waals surface area contributed by atoms with Crippen LogP contribution in [0.4, 0.5) is 0 Å². The van der Waals surface area contributed by atoms with Crippen LogP contribution in [0, 0.1) is 0 Å². The Labute approximate surface area is 106 Å². The number of carbonyl (C=O) groups excluding carboxylic acids is 1. The second-order valence-corrected chi connectivity index (χ2v) is 4.01. The van der Waals surface area contributed by atoms with Crippen molar-refractivity contribution in [2.45, 2.75) is 25.8 Å². The van der Waals surface area contributed by atoms with E-state index in [-0.39, 0.29) is 12.3 Å². The third kappa shape index (κ3) is 4.97. The van der Waals surface area contributed by atoms with E-state index in [4.69, 9.17) is 10.8 Å². The van der Waals surface area contributed by atoms with E-state index in [9.17, 15) is 9.59 Å². The number of carboxylic acids is 1. The van der Waals surface area contributed by atoms with Crippen LogP contribution in [0.2, 0.25) is 0 Å². The molecule has 4 N–H and O–H groups in total. The molecule has 18 heavy (non-hydrogen) atoms. The number of carbonyl (C=O) groups is 2. The average Bonchev–Trinajstić information content (AvgIpc) is 2.38. The fourth-order valence-corrected chi connectivity index (χ4v) is 1.50. The number of nitrogens with two attached hydrogens (primary N) is 1. The summed E-state index contributed by atoms with van der Waals surface area (Å²) in [5, 5.41) is 11.2.